The smallest absolute Gasteiger partial charge is 0.340 e. The number of H-pyrrole nitrogens is 1. The van der Waals surface area contributed by atoms with Gasteiger partial charge in [0.15, 0.2) is 0 Å². The molecule has 0 amide bonds. The van der Waals surface area contributed by atoms with Gasteiger partial charge in [0.1, 0.15) is 5.75 Å². The topological polar surface area (TPSA) is 83.7 Å². The van der Waals surface area contributed by atoms with Gasteiger partial charge in [-0.3, -0.25) is 4.79 Å². The number of rotatable bonds is 6. The molecule has 31 heavy (non-hydrogen) atoms. The molecule has 0 bridgehead atoms. The molecule has 0 atom stereocenters. The first kappa shape index (κ1) is 20.8. The average molecular weight is 421 g/mol. The number of nitrogens with one attached hydrogen (secondary N) is 2. The van der Waals surface area contributed by atoms with E-state index in [1.54, 1.807) is 13.2 Å². The Morgan fingerprint density at radius 2 is 1.87 bits per heavy atom. The van der Waals surface area contributed by atoms with E-state index < -0.39 is 5.97 Å². The SMILES string of the molecule is COC(=O)c1cc(N2CCCCC2)ccc1NCc1cc2ccc(OC)cc2[nH]c1=O. The fourth-order valence-electron chi connectivity index (χ4n) is 3.99. The van der Waals surface area contributed by atoms with Crippen molar-refractivity contribution in [2.75, 3.05) is 37.5 Å². The number of carbonyl (C=O) groups excluding carboxylic acids is 1. The highest BCUT2D eigenvalue weighted by Gasteiger charge is 2.17. The molecule has 0 radical (unpaired) electrons. The van der Waals surface area contributed by atoms with Crippen LogP contribution < -0.4 is 20.5 Å². The van der Waals surface area contributed by atoms with Gasteiger partial charge in [-0.05, 0) is 61.0 Å². The van der Waals surface area contributed by atoms with Crippen molar-refractivity contribution in [3.63, 3.8) is 0 Å². The zero-order valence-electron chi connectivity index (χ0n) is 17.9. The first-order valence-corrected chi connectivity index (χ1v) is 10.5. The molecule has 2 N–H and O–H groups in total. The Labute approximate surface area is 181 Å². The van der Waals surface area contributed by atoms with Crippen LogP contribution in [0.15, 0.2) is 47.3 Å². The molecule has 2 heterocycles. The van der Waals surface area contributed by atoms with Crippen LogP contribution in [0, 0.1) is 0 Å². The average Bonchev–Trinajstić information content (AvgIpc) is 2.82. The van der Waals surface area contributed by atoms with E-state index in [0.717, 1.165) is 37.0 Å². The van der Waals surface area contributed by atoms with Gasteiger partial charge in [-0.2, -0.15) is 0 Å². The Balaban J connectivity index is 1.59. The number of esters is 1. The Hall–Kier alpha value is -3.48. The monoisotopic (exact) mass is 421 g/mol. The van der Waals surface area contributed by atoms with Crippen molar-refractivity contribution >= 4 is 28.2 Å². The van der Waals surface area contributed by atoms with E-state index in [1.165, 1.54) is 13.5 Å². The molecule has 0 saturated carbocycles. The second kappa shape index (κ2) is 9.12. The molecule has 3 aromatic rings. The molecule has 1 aliphatic rings. The number of hydrogen-bond acceptors (Lipinski definition) is 6. The maximum Gasteiger partial charge on any atom is 0.340 e. The summed E-state index contributed by atoms with van der Waals surface area (Å²) in [5.74, 6) is 0.284. The first-order valence-electron chi connectivity index (χ1n) is 10.5. The van der Waals surface area contributed by atoms with Crippen LogP contribution >= 0.6 is 0 Å². The summed E-state index contributed by atoms with van der Waals surface area (Å²) in [6.45, 7) is 2.26. The predicted octanol–water partition coefficient (Wildman–Crippen LogP) is 3.93. The van der Waals surface area contributed by atoms with Crippen molar-refractivity contribution < 1.29 is 14.3 Å². The van der Waals surface area contributed by atoms with Gasteiger partial charge in [0.2, 0.25) is 0 Å². The predicted molar refractivity (Wildman–Crippen MR) is 122 cm³/mol. The third kappa shape index (κ3) is 4.50. The van der Waals surface area contributed by atoms with Gasteiger partial charge in [0, 0.05) is 42.6 Å². The van der Waals surface area contributed by atoms with Crippen molar-refractivity contribution in [3.8, 4) is 5.75 Å². The lowest BCUT2D eigenvalue weighted by Gasteiger charge is -2.29. The molecule has 0 aliphatic carbocycles. The molecule has 1 saturated heterocycles. The molecule has 1 aromatic heterocycles. The second-order valence-corrected chi connectivity index (χ2v) is 7.70. The largest absolute Gasteiger partial charge is 0.497 e. The number of piperidine rings is 1. The van der Waals surface area contributed by atoms with Crippen molar-refractivity contribution in [2.24, 2.45) is 0 Å². The van der Waals surface area contributed by atoms with Gasteiger partial charge in [-0.15, -0.1) is 0 Å². The normalized spacial score (nSPS) is 13.8. The van der Waals surface area contributed by atoms with Gasteiger partial charge in [-0.1, -0.05) is 0 Å². The lowest BCUT2D eigenvalue weighted by atomic mass is 10.1. The summed E-state index contributed by atoms with van der Waals surface area (Å²) >= 11 is 0. The molecule has 0 unspecified atom stereocenters. The van der Waals surface area contributed by atoms with Crippen LogP contribution in [-0.4, -0.2) is 38.3 Å². The van der Waals surface area contributed by atoms with E-state index in [9.17, 15) is 9.59 Å². The minimum Gasteiger partial charge on any atom is -0.497 e. The Morgan fingerprint density at radius 1 is 1.06 bits per heavy atom. The van der Waals surface area contributed by atoms with Crippen LogP contribution in [-0.2, 0) is 11.3 Å². The summed E-state index contributed by atoms with van der Waals surface area (Å²) in [6, 6.07) is 13.2. The van der Waals surface area contributed by atoms with Crippen molar-refractivity contribution in [3.05, 3.63) is 63.9 Å². The molecular weight excluding hydrogens is 394 g/mol. The highest BCUT2D eigenvalue weighted by atomic mass is 16.5. The summed E-state index contributed by atoms with van der Waals surface area (Å²) < 4.78 is 10.2. The summed E-state index contributed by atoms with van der Waals surface area (Å²) in [5.41, 5.74) is 3.23. The van der Waals surface area contributed by atoms with Crippen LogP contribution in [0.5, 0.6) is 5.75 Å². The number of anilines is 2. The molecule has 2 aromatic carbocycles. The Bertz CT molecular complexity index is 1150. The van der Waals surface area contributed by atoms with E-state index in [2.05, 4.69) is 15.2 Å². The molecule has 1 fully saturated rings. The van der Waals surface area contributed by atoms with Gasteiger partial charge in [0.05, 0.1) is 25.3 Å². The van der Waals surface area contributed by atoms with Gasteiger partial charge < -0.3 is 24.7 Å². The number of benzene rings is 2. The molecule has 7 nitrogen and oxygen atoms in total. The van der Waals surface area contributed by atoms with Gasteiger partial charge >= 0.3 is 5.97 Å². The number of fused-ring (bicyclic) bond motifs is 1. The number of nitrogens with zero attached hydrogens (tertiary/aromatic N) is 1. The van der Waals surface area contributed by atoms with Crippen LogP contribution in [0.4, 0.5) is 11.4 Å². The van der Waals surface area contributed by atoms with Gasteiger partial charge in [-0.25, -0.2) is 4.79 Å². The molecule has 1 aliphatic heterocycles. The van der Waals surface area contributed by atoms with E-state index in [4.69, 9.17) is 9.47 Å². The first-order chi connectivity index (χ1) is 15.1. The highest BCUT2D eigenvalue weighted by molar-refractivity contribution is 5.97. The summed E-state index contributed by atoms with van der Waals surface area (Å²) in [4.78, 5) is 30.2. The Kier molecular flexibility index (Phi) is 6.11. The number of ether oxygens (including phenoxy) is 2. The molecule has 4 rings (SSSR count). The molecule has 0 spiro atoms. The quantitative estimate of drug-likeness (QED) is 0.587. The van der Waals surface area contributed by atoms with Crippen LogP contribution in [0.25, 0.3) is 10.9 Å². The zero-order valence-corrected chi connectivity index (χ0v) is 17.9. The minimum atomic E-state index is -0.402. The standard InChI is InChI=1S/C24H27N3O4/c1-30-19-8-6-16-12-17(23(28)26-22(16)14-19)15-25-21-9-7-18(13-20(21)24(29)31-2)27-10-4-3-5-11-27/h6-9,12-14,25H,3-5,10-11,15H2,1-2H3,(H,26,28). The Morgan fingerprint density at radius 3 is 2.61 bits per heavy atom. The number of pyridine rings is 1. The number of aromatic nitrogens is 1. The second-order valence-electron chi connectivity index (χ2n) is 7.70. The zero-order chi connectivity index (χ0) is 21.8. The third-order valence-electron chi connectivity index (χ3n) is 5.73. The van der Waals surface area contributed by atoms with Crippen LogP contribution in [0.2, 0.25) is 0 Å². The van der Waals surface area contributed by atoms with Crippen molar-refractivity contribution in [2.45, 2.75) is 25.8 Å². The van der Waals surface area contributed by atoms with E-state index in [0.29, 0.717) is 28.1 Å². The maximum atomic E-state index is 12.6. The summed E-state index contributed by atoms with van der Waals surface area (Å²) in [7, 11) is 2.97. The van der Waals surface area contributed by atoms with E-state index in [1.807, 2.05) is 36.4 Å². The van der Waals surface area contributed by atoms with Crippen molar-refractivity contribution in [1.29, 1.82) is 0 Å². The lowest BCUT2D eigenvalue weighted by molar-refractivity contribution is 0.0602. The number of carbonyl (C=O) groups is 1. The number of hydrogen-bond donors (Lipinski definition) is 2. The van der Waals surface area contributed by atoms with Crippen molar-refractivity contribution in [1.82, 2.24) is 4.98 Å². The minimum absolute atomic E-state index is 0.183. The fourth-order valence-corrected chi connectivity index (χ4v) is 3.99. The molecule has 7 heteroatoms. The lowest BCUT2D eigenvalue weighted by Crippen LogP contribution is -2.29. The van der Waals surface area contributed by atoms with Gasteiger partial charge in [0.25, 0.3) is 5.56 Å². The molecular formula is C24H27N3O4. The van der Waals surface area contributed by atoms with E-state index in [-0.39, 0.29) is 12.1 Å². The number of methoxy groups -OCH3 is 2. The summed E-state index contributed by atoms with van der Waals surface area (Å²) in [6.07, 6.45) is 3.56. The number of aromatic amines is 1. The van der Waals surface area contributed by atoms with Crippen LogP contribution in [0.1, 0.15) is 35.2 Å². The highest BCUT2D eigenvalue weighted by Crippen LogP contribution is 2.27. The summed E-state index contributed by atoms with van der Waals surface area (Å²) in [5, 5.41) is 4.15. The molecule has 162 valence electrons. The van der Waals surface area contributed by atoms with E-state index >= 15 is 0 Å². The fraction of sp³-hybridized carbons (Fsp3) is 0.333. The van der Waals surface area contributed by atoms with Crippen LogP contribution in [0.3, 0.4) is 0 Å². The third-order valence-corrected chi connectivity index (χ3v) is 5.73. The maximum absolute atomic E-state index is 12.6.